The average molecular weight is 376 g/mol. The van der Waals surface area contributed by atoms with Gasteiger partial charge in [-0.1, -0.05) is 13.8 Å². The second-order valence-electron chi connectivity index (χ2n) is 10.5. The van der Waals surface area contributed by atoms with Gasteiger partial charge in [-0.3, -0.25) is 9.59 Å². The summed E-state index contributed by atoms with van der Waals surface area (Å²) in [5.41, 5.74) is 0.167. The Labute approximate surface area is 161 Å². The van der Waals surface area contributed by atoms with Crippen LogP contribution in [0.5, 0.6) is 0 Å². The number of fused-ring (bicyclic) bond motifs is 5. The van der Waals surface area contributed by atoms with E-state index in [1.165, 1.54) is 12.8 Å². The highest BCUT2D eigenvalue weighted by atomic mass is 16.5. The molecule has 4 saturated carbocycles. The van der Waals surface area contributed by atoms with Gasteiger partial charge in [-0.15, -0.1) is 0 Å². The summed E-state index contributed by atoms with van der Waals surface area (Å²) in [4.78, 5) is 24.3. The van der Waals surface area contributed by atoms with Crippen LogP contribution in [0, 0.1) is 34.5 Å². The van der Waals surface area contributed by atoms with E-state index in [-0.39, 0.29) is 34.6 Å². The standard InChI is InChI=1S/C22H33NO4/c1-21-10-8-18(24)23-16(21)11-13(20(25)26)19-14-5-6-17(27-12-3-4-12)22(14,2)9-7-15(19)21/h12-17,19H,3-11H2,1-2H3,(H,23,24)(H,25,26)/t13-,14-,15-,16+,17-,19-,21+,22-/m0/s1. The molecule has 1 heterocycles. The Hall–Kier alpha value is -1.10. The van der Waals surface area contributed by atoms with Gasteiger partial charge in [0.25, 0.3) is 0 Å². The van der Waals surface area contributed by atoms with E-state index in [9.17, 15) is 14.7 Å². The van der Waals surface area contributed by atoms with Crippen molar-refractivity contribution in [3.63, 3.8) is 0 Å². The maximum Gasteiger partial charge on any atom is 0.306 e. The van der Waals surface area contributed by atoms with Crippen molar-refractivity contribution in [2.24, 2.45) is 34.5 Å². The van der Waals surface area contributed by atoms with Crippen molar-refractivity contribution >= 4 is 11.9 Å². The summed E-state index contributed by atoms with van der Waals surface area (Å²) in [6, 6.07) is 0.0189. The topological polar surface area (TPSA) is 75.6 Å². The molecule has 0 spiro atoms. The fraction of sp³-hybridized carbons (Fsp3) is 0.909. The lowest BCUT2D eigenvalue weighted by Gasteiger charge is -2.61. The number of aliphatic carboxylic acids is 1. The van der Waals surface area contributed by atoms with Crippen LogP contribution >= 0.6 is 0 Å². The zero-order valence-electron chi connectivity index (χ0n) is 16.6. The first-order valence-corrected chi connectivity index (χ1v) is 11.0. The maximum atomic E-state index is 12.3. The van der Waals surface area contributed by atoms with Gasteiger partial charge in [0.2, 0.25) is 5.91 Å². The minimum atomic E-state index is -0.664. The molecule has 1 aliphatic heterocycles. The fourth-order valence-corrected chi connectivity index (χ4v) is 7.57. The lowest BCUT2D eigenvalue weighted by Crippen LogP contribution is -2.64. The first kappa shape index (κ1) is 18.0. The van der Waals surface area contributed by atoms with Crippen LogP contribution in [0.4, 0.5) is 0 Å². The molecule has 8 atom stereocenters. The normalized spacial score (nSPS) is 51.7. The number of amides is 1. The molecule has 0 aromatic rings. The summed E-state index contributed by atoms with van der Waals surface area (Å²) >= 11 is 0. The van der Waals surface area contributed by atoms with E-state index >= 15 is 0 Å². The molecule has 27 heavy (non-hydrogen) atoms. The monoisotopic (exact) mass is 375 g/mol. The smallest absolute Gasteiger partial charge is 0.306 e. The third kappa shape index (κ3) is 2.60. The first-order valence-electron chi connectivity index (χ1n) is 11.0. The quantitative estimate of drug-likeness (QED) is 0.793. The number of carboxylic acid groups (broad SMARTS) is 1. The maximum absolute atomic E-state index is 12.3. The molecule has 150 valence electrons. The van der Waals surface area contributed by atoms with E-state index in [4.69, 9.17) is 4.74 Å². The van der Waals surface area contributed by atoms with Crippen molar-refractivity contribution in [1.82, 2.24) is 5.32 Å². The highest BCUT2D eigenvalue weighted by Gasteiger charge is 2.64. The van der Waals surface area contributed by atoms with E-state index in [1.807, 2.05) is 0 Å². The highest BCUT2D eigenvalue weighted by Crippen LogP contribution is 2.66. The number of hydrogen-bond acceptors (Lipinski definition) is 3. The van der Waals surface area contributed by atoms with Gasteiger partial charge in [-0.25, -0.2) is 0 Å². The third-order valence-electron chi connectivity index (χ3n) is 9.27. The van der Waals surface area contributed by atoms with Crippen LogP contribution in [-0.2, 0) is 14.3 Å². The van der Waals surface area contributed by atoms with Gasteiger partial charge < -0.3 is 15.2 Å². The number of carbonyl (C=O) groups is 2. The Bertz CT molecular complexity index is 661. The summed E-state index contributed by atoms with van der Waals surface area (Å²) in [6.45, 7) is 4.70. The highest BCUT2D eigenvalue weighted by molar-refractivity contribution is 5.78. The lowest BCUT2D eigenvalue weighted by atomic mass is 9.45. The van der Waals surface area contributed by atoms with Crippen molar-refractivity contribution in [2.45, 2.75) is 89.9 Å². The molecule has 0 aromatic carbocycles. The Kier molecular flexibility index (Phi) is 3.96. The van der Waals surface area contributed by atoms with Gasteiger partial charge in [-0.05, 0) is 80.0 Å². The average Bonchev–Trinajstić information content (AvgIpc) is 3.37. The Morgan fingerprint density at radius 3 is 2.52 bits per heavy atom. The zero-order valence-corrected chi connectivity index (χ0v) is 16.6. The van der Waals surface area contributed by atoms with Gasteiger partial charge in [0, 0.05) is 12.5 Å². The van der Waals surface area contributed by atoms with Crippen molar-refractivity contribution in [3.8, 4) is 0 Å². The number of ether oxygens (including phenoxy) is 1. The predicted octanol–water partition coefficient (Wildman–Crippen LogP) is 3.37. The zero-order chi connectivity index (χ0) is 19.0. The molecule has 0 aromatic heterocycles. The fourth-order valence-electron chi connectivity index (χ4n) is 7.57. The molecule has 5 fully saturated rings. The number of piperidine rings is 1. The van der Waals surface area contributed by atoms with Crippen LogP contribution in [0.1, 0.15) is 71.6 Å². The number of carboxylic acids is 1. The van der Waals surface area contributed by atoms with Crippen LogP contribution in [0.25, 0.3) is 0 Å². The van der Waals surface area contributed by atoms with E-state index in [0.29, 0.717) is 36.9 Å². The number of carbonyl (C=O) groups excluding carboxylic acids is 1. The molecular formula is C22H33NO4. The van der Waals surface area contributed by atoms with E-state index in [0.717, 1.165) is 32.1 Å². The van der Waals surface area contributed by atoms with Crippen molar-refractivity contribution in [1.29, 1.82) is 0 Å². The van der Waals surface area contributed by atoms with E-state index in [2.05, 4.69) is 19.2 Å². The molecular weight excluding hydrogens is 342 g/mol. The summed E-state index contributed by atoms with van der Waals surface area (Å²) < 4.78 is 6.41. The van der Waals surface area contributed by atoms with Crippen LogP contribution in [-0.4, -0.2) is 35.2 Å². The van der Waals surface area contributed by atoms with E-state index in [1.54, 1.807) is 0 Å². The summed E-state index contributed by atoms with van der Waals surface area (Å²) in [6.07, 6.45) is 9.65. The molecule has 0 unspecified atom stereocenters. The molecule has 4 aliphatic carbocycles. The third-order valence-corrected chi connectivity index (χ3v) is 9.27. The summed E-state index contributed by atoms with van der Waals surface area (Å²) in [5.74, 6) is 0.162. The van der Waals surface area contributed by atoms with Gasteiger partial charge in [-0.2, -0.15) is 0 Å². The lowest BCUT2D eigenvalue weighted by molar-refractivity contribution is -0.172. The van der Waals surface area contributed by atoms with Crippen LogP contribution < -0.4 is 5.32 Å². The SMILES string of the molecule is C[C@]12CCC(=O)N[C@@H]1C[C@H](C(=O)O)[C@@H]1[C@@H]2CC[C@]2(C)[C@@H](OC3CC3)CC[C@@H]12. The minimum Gasteiger partial charge on any atom is -0.481 e. The Morgan fingerprint density at radius 1 is 1.07 bits per heavy atom. The molecule has 5 rings (SSSR count). The minimum absolute atomic E-state index is 0.0189. The molecule has 0 bridgehead atoms. The van der Waals surface area contributed by atoms with Crippen LogP contribution in [0.15, 0.2) is 0 Å². The number of rotatable bonds is 3. The van der Waals surface area contributed by atoms with Gasteiger partial charge in [0.1, 0.15) is 0 Å². The van der Waals surface area contributed by atoms with Crippen molar-refractivity contribution in [3.05, 3.63) is 0 Å². The molecule has 0 radical (unpaired) electrons. The Morgan fingerprint density at radius 2 is 1.81 bits per heavy atom. The predicted molar refractivity (Wildman–Crippen MR) is 100.0 cm³/mol. The van der Waals surface area contributed by atoms with Crippen LogP contribution in [0.3, 0.4) is 0 Å². The molecule has 5 heteroatoms. The molecule has 2 N–H and O–H groups in total. The molecule has 5 nitrogen and oxygen atoms in total. The number of hydrogen-bond donors (Lipinski definition) is 2. The van der Waals surface area contributed by atoms with Gasteiger partial charge >= 0.3 is 5.97 Å². The van der Waals surface area contributed by atoms with Gasteiger partial charge in [0.15, 0.2) is 0 Å². The second-order valence-corrected chi connectivity index (χ2v) is 10.5. The van der Waals surface area contributed by atoms with Crippen molar-refractivity contribution < 1.29 is 19.4 Å². The van der Waals surface area contributed by atoms with Gasteiger partial charge in [0.05, 0.1) is 18.1 Å². The molecule has 1 amide bonds. The largest absolute Gasteiger partial charge is 0.481 e. The van der Waals surface area contributed by atoms with E-state index < -0.39 is 5.97 Å². The van der Waals surface area contributed by atoms with Crippen LogP contribution in [0.2, 0.25) is 0 Å². The molecule has 5 aliphatic rings. The molecule has 1 saturated heterocycles. The van der Waals surface area contributed by atoms with Crippen molar-refractivity contribution in [2.75, 3.05) is 0 Å². The second kappa shape index (κ2) is 5.95. The number of nitrogens with one attached hydrogen (secondary N) is 1. The first-order chi connectivity index (χ1) is 12.8. The summed E-state index contributed by atoms with van der Waals surface area (Å²) in [7, 11) is 0. The summed E-state index contributed by atoms with van der Waals surface area (Å²) in [5, 5.41) is 13.3. The Balaban J connectivity index is 1.48.